The van der Waals surface area contributed by atoms with Crippen molar-refractivity contribution < 1.29 is 14.3 Å². The van der Waals surface area contributed by atoms with Gasteiger partial charge in [0.1, 0.15) is 5.82 Å². The molecule has 2 aliphatic rings. The van der Waals surface area contributed by atoms with Gasteiger partial charge in [0.25, 0.3) is 5.91 Å². The number of carbonyl (C=O) groups excluding carboxylic acids is 2. The van der Waals surface area contributed by atoms with Crippen LogP contribution < -0.4 is 4.90 Å². The fraction of sp³-hybridized carbons (Fsp3) is 0.650. The zero-order valence-electron chi connectivity index (χ0n) is 16.6. The Balaban J connectivity index is 1.65. The van der Waals surface area contributed by atoms with Gasteiger partial charge >= 0.3 is 0 Å². The second kappa shape index (κ2) is 8.25. The predicted molar refractivity (Wildman–Crippen MR) is 104 cm³/mol. The number of pyridine rings is 1. The molecule has 1 aromatic rings. The van der Waals surface area contributed by atoms with Gasteiger partial charge in [0.2, 0.25) is 5.91 Å². The van der Waals surface area contributed by atoms with Crippen molar-refractivity contribution in [1.82, 2.24) is 14.8 Å². The molecular weight excluding hydrogens is 344 g/mol. The van der Waals surface area contributed by atoms with Crippen molar-refractivity contribution in [2.24, 2.45) is 5.41 Å². The fourth-order valence-corrected chi connectivity index (χ4v) is 4.15. The first-order valence-electron chi connectivity index (χ1n) is 9.68. The normalized spacial score (nSPS) is 22.6. The molecule has 3 heterocycles. The number of ether oxygens (including phenoxy) is 1. The van der Waals surface area contributed by atoms with Crippen LogP contribution in [0.3, 0.4) is 0 Å². The van der Waals surface area contributed by atoms with E-state index in [1.807, 2.05) is 40.9 Å². The topological polar surface area (TPSA) is 66.0 Å². The molecule has 27 heavy (non-hydrogen) atoms. The highest BCUT2D eigenvalue weighted by Gasteiger charge is 2.49. The predicted octanol–water partition coefficient (Wildman–Crippen LogP) is 1.64. The maximum atomic E-state index is 13.1. The summed E-state index contributed by atoms with van der Waals surface area (Å²) in [5, 5.41) is 0. The Bertz CT molecular complexity index is 676. The van der Waals surface area contributed by atoms with E-state index in [9.17, 15) is 9.59 Å². The number of aromatic nitrogens is 1. The van der Waals surface area contributed by atoms with Crippen LogP contribution in [0, 0.1) is 5.41 Å². The van der Waals surface area contributed by atoms with Gasteiger partial charge in [-0.05, 0) is 37.8 Å². The summed E-state index contributed by atoms with van der Waals surface area (Å²) in [6, 6.07) is 3.66. The Morgan fingerprint density at radius 1 is 1.30 bits per heavy atom. The molecule has 2 fully saturated rings. The molecule has 2 saturated heterocycles. The summed E-state index contributed by atoms with van der Waals surface area (Å²) in [6.07, 6.45) is 5.10. The summed E-state index contributed by atoms with van der Waals surface area (Å²) in [7, 11) is 5.52. The van der Waals surface area contributed by atoms with Crippen LogP contribution in [0.15, 0.2) is 18.3 Å². The Labute approximate surface area is 161 Å². The van der Waals surface area contributed by atoms with Crippen LogP contribution in [0.1, 0.15) is 36.0 Å². The Kier molecular flexibility index (Phi) is 5.99. The zero-order chi connectivity index (χ0) is 19.4. The van der Waals surface area contributed by atoms with E-state index in [1.165, 1.54) is 0 Å². The van der Waals surface area contributed by atoms with Crippen LogP contribution in [0.25, 0.3) is 0 Å². The molecule has 0 saturated carbocycles. The summed E-state index contributed by atoms with van der Waals surface area (Å²) in [5.74, 6) is 0.994. The minimum Gasteiger partial charge on any atom is -0.385 e. The van der Waals surface area contributed by atoms with Crippen molar-refractivity contribution in [1.29, 1.82) is 0 Å². The van der Waals surface area contributed by atoms with Crippen molar-refractivity contribution in [3.05, 3.63) is 23.9 Å². The lowest BCUT2D eigenvalue weighted by Crippen LogP contribution is -2.50. The standard InChI is InChI=1S/C20H30N4O3/c1-22(2)17-7-6-16(14-21-17)18(25)24-12-9-20(15-24)8-4-10-23(19(20)26)11-5-13-27-3/h6-7,14H,4-5,8-13,15H2,1-3H3/t20-/m1/s1. The molecule has 7 nitrogen and oxygen atoms in total. The third-order valence-electron chi connectivity index (χ3n) is 5.69. The van der Waals surface area contributed by atoms with Gasteiger partial charge < -0.3 is 19.4 Å². The fourth-order valence-electron chi connectivity index (χ4n) is 4.15. The monoisotopic (exact) mass is 374 g/mol. The number of hydrogen-bond acceptors (Lipinski definition) is 5. The number of methoxy groups -OCH3 is 1. The van der Waals surface area contributed by atoms with E-state index in [-0.39, 0.29) is 11.8 Å². The first-order valence-corrected chi connectivity index (χ1v) is 9.68. The van der Waals surface area contributed by atoms with Gasteiger partial charge in [0, 0.05) is 60.2 Å². The summed E-state index contributed by atoms with van der Waals surface area (Å²) >= 11 is 0. The smallest absolute Gasteiger partial charge is 0.255 e. The zero-order valence-corrected chi connectivity index (χ0v) is 16.6. The molecule has 3 rings (SSSR count). The van der Waals surface area contributed by atoms with Crippen LogP contribution in [-0.4, -0.2) is 80.6 Å². The Hall–Kier alpha value is -2.15. The third kappa shape index (κ3) is 4.08. The number of carbonyl (C=O) groups is 2. The first-order chi connectivity index (χ1) is 13.0. The number of likely N-dealkylation sites (tertiary alicyclic amines) is 2. The first kappa shape index (κ1) is 19.6. The summed E-state index contributed by atoms with van der Waals surface area (Å²) in [4.78, 5) is 36.0. The number of nitrogens with zero attached hydrogens (tertiary/aromatic N) is 4. The second-order valence-electron chi connectivity index (χ2n) is 7.80. The minimum atomic E-state index is -0.405. The molecule has 0 aromatic carbocycles. The molecular formula is C20H30N4O3. The van der Waals surface area contributed by atoms with E-state index in [4.69, 9.17) is 4.74 Å². The van der Waals surface area contributed by atoms with E-state index in [1.54, 1.807) is 13.3 Å². The largest absolute Gasteiger partial charge is 0.385 e. The molecule has 1 atom stereocenters. The van der Waals surface area contributed by atoms with E-state index in [0.29, 0.717) is 25.3 Å². The molecule has 0 radical (unpaired) electrons. The van der Waals surface area contributed by atoms with Gasteiger partial charge in [-0.2, -0.15) is 0 Å². The second-order valence-corrected chi connectivity index (χ2v) is 7.80. The summed E-state index contributed by atoms with van der Waals surface area (Å²) in [6.45, 7) is 3.36. The number of rotatable bonds is 6. The third-order valence-corrected chi connectivity index (χ3v) is 5.69. The van der Waals surface area contributed by atoms with Crippen LogP contribution in [0.2, 0.25) is 0 Å². The van der Waals surface area contributed by atoms with Gasteiger partial charge in [-0.25, -0.2) is 4.98 Å². The average molecular weight is 374 g/mol. The van der Waals surface area contributed by atoms with Crippen molar-refractivity contribution in [2.75, 3.05) is 58.9 Å². The molecule has 2 aliphatic heterocycles. The summed E-state index contributed by atoms with van der Waals surface area (Å²) in [5.41, 5.74) is 0.177. The molecule has 0 aliphatic carbocycles. The lowest BCUT2D eigenvalue weighted by molar-refractivity contribution is -0.145. The van der Waals surface area contributed by atoms with Crippen molar-refractivity contribution in [2.45, 2.75) is 25.7 Å². The lowest BCUT2D eigenvalue weighted by atomic mass is 9.78. The molecule has 0 bridgehead atoms. The molecule has 148 valence electrons. The molecule has 2 amide bonds. The maximum absolute atomic E-state index is 13.1. The van der Waals surface area contributed by atoms with Crippen LogP contribution in [0.5, 0.6) is 0 Å². The molecule has 1 spiro atoms. The van der Waals surface area contributed by atoms with Crippen LogP contribution >= 0.6 is 0 Å². The van der Waals surface area contributed by atoms with Crippen molar-refractivity contribution in [3.63, 3.8) is 0 Å². The highest BCUT2D eigenvalue weighted by atomic mass is 16.5. The van der Waals surface area contributed by atoms with Crippen molar-refractivity contribution >= 4 is 17.6 Å². The lowest BCUT2D eigenvalue weighted by Gasteiger charge is -2.39. The van der Waals surface area contributed by atoms with Crippen LogP contribution in [0.4, 0.5) is 5.82 Å². The van der Waals surface area contributed by atoms with E-state index in [2.05, 4.69) is 4.98 Å². The number of amides is 2. The van der Waals surface area contributed by atoms with Gasteiger partial charge in [-0.15, -0.1) is 0 Å². The molecule has 0 unspecified atom stereocenters. The highest BCUT2D eigenvalue weighted by molar-refractivity contribution is 5.95. The Morgan fingerprint density at radius 2 is 2.11 bits per heavy atom. The molecule has 0 N–H and O–H groups in total. The van der Waals surface area contributed by atoms with Crippen molar-refractivity contribution in [3.8, 4) is 0 Å². The molecule has 7 heteroatoms. The van der Waals surface area contributed by atoms with E-state index >= 15 is 0 Å². The summed E-state index contributed by atoms with van der Waals surface area (Å²) < 4.78 is 5.11. The SMILES string of the molecule is COCCCN1CCC[C@]2(CCN(C(=O)c3ccc(N(C)C)nc3)C2)C1=O. The maximum Gasteiger partial charge on any atom is 0.255 e. The number of piperidine rings is 1. The quantitative estimate of drug-likeness (QED) is 0.708. The highest BCUT2D eigenvalue weighted by Crippen LogP contribution is 2.40. The van der Waals surface area contributed by atoms with E-state index < -0.39 is 5.41 Å². The van der Waals surface area contributed by atoms with Gasteiger partial charge in [0.15, 0.2) is 0 Å². The van der Waals surface area contributed by atoms with E-state index in [0.717, 1.165) is 44.6 Å². The Morgan fingerprint density at radius 3 is 2.78 bits per heavy atom. The minimum absolute atomic E-state index is 0.0333. The van der Waals surface area contributed by atoms with Gasteiger partial charge in [0.05, 0.1) is 11.0 Å². The number of anilines is 1. The molecule has 1 aromatic heterocycles. The number of hydrogen-bond donors (Lipinski definition) is 0. The average Bonchev–Trinajstić information content (AvgIpc) is 3.10. The van der Waals surface area contributed by atoms with Gasteiger partial charge in [-0.1, -0.05) is 0 Å². The van der Waals surface area contributed by atoms with Crippen LogP contribution in [-0.2, 0) is 9.53 Å². The van der Waals surface area contributed by atoms with Gasteiger partial charge in [-0.3, -0.25) is 9.59 Å².